The average Bonchev–Trinajstić information content (AvgIpc) is 2.97. The summed E-state index contributed by atoms with van der Waals surface area (Å²) in [5.41, 5.74) is 3.64. The third kappa shape index (κ3) is 4.09. The Bertz CT molecular complexity index is 896. The van der Waals surface area contributed by atoms with Gasteiger partial charge in [-0.25, -0.2) is 4.39 Å². The first-order chi connectivity index (χ1) is 12.2. The number of aromatic nitrogens is 1. The van der Waals surface area contributed by atoms with E-state index in [1.165, 1.54) is 26.5 Å². The molecule has 0 amide bonds. The van der Waals surface area contributed by atoms with Crippen molar-refractivity contribution in [1.29, 1.82) is 0 Å². The smallest absolute Gasteiger partial charge is 0.262 e. The van der Waals surface area contributed by atoms with E-state index >= 15 is 0 Å². The number of benzene rings is 2. The lowest BCUT2D eigenvalue weighted by Gasteiger charge is -2.30. The summed E-state index contributed by atoms with van der Waals surface area (Å²) >= 11 is 1.80. The summed E-state index contributed by atoms with van der Waals surface area (Å²) in [6.45, 7) is 1.63. The maximum absolute atomic E-state index is 13.3. The average molecular weight is 480 g/mol. The molecule has 0 bridgehead atoms. The zero-order chi connectivity index (χ0) is 17.2. The minimum absolute atomic E-state index is 0. The van der Waals surface area contributed by atoms with Crippen LogP contribution in [0, 0.1) is 0 Å². The first-order valence-corrected chi connectivity index (χ1v) is 9.57. The SMILES string of the molecule is C[n+]1c(C=Cc2ccc(N3CCC(F)CC3)cc2)sc2ccccc21.[I-]. The van der Waals surface area contributed by atoms with Crippen LogP contribution in [0.25, 0.3) is 22.4 Å². The molecule has 1 aliphatic heterocycles. The van der Waals surface area contributed by atoms with Gasteiger partial charge in [0, 0.05) is 30.9 Å². The van der Waals surface area contributed by atoms with Gasteiger partial charge < -0.3 is 28.9 Å². The molecule has 0 aliphatic carbocycles. The molecule has 1 aromatic heterocycles. The van der Waals surface area contributed by atoms with Crippen LogP contribution in [0.5, 0.6) is 0 Å². The lowest BCUT2D eigenvalue weighted by Crippen LogP contribution is -3.00. The van der Waals surface area contributed by atoms with Crippen LogP contribution in [0.1, 0.15) is 23.4 Å². The van der Waals surface area contributed by atoms with Crippen LogP contribution in [0.2, 0.25) is 0 Å². The van der Waals surface area contributed by atoms with Gasteiger partial charge in [0.25, 0.3) is 5.01 Å². The van der Waals surface area contributed by atoms with Crippen LogP contribution in [0.4, 0.5) is 10.1 Å². The summed E-state index contributed by atoms with van der Waals surface area (Å²) in [5, 5.41) is 1.23. The van der Waals surface area contributed by atoms with E-state index < -0.39 is 6.17 Å². The van der Waals surface area contributed by atoms with Gasteiger partial charge in [0.2, 0.25) is 5.52 Å². The van der Waals surface area contributed by atoms with E-state index in [-0.39, 0.29) is 24.0 Å². The van der Waals surface area contributed by atoms with Crippen LogP contribution < -0.4 is 33.4 Å². The van der Waals surface area contributed by atoms with Crippen molar-refractivity contribution < 1.29 is 32.9 Å². The molecule has 0 unspecified atom stereocenters. The molecule has 3 aromatic rings. The quantitative estimate of drug-likeness (QED) is 0.410. The fourth-order valence-electron chi connectivity index (χ4n) is 3.34. The number of fused-ring (bicyclic) bond motifs is 1. The Labute approximate surface area is 175 Å². The number of piperidine rings is 1. The molecule has 2 nitrogen and oxygen atoms in total. The van der Waals surface area contributed by atoms with Gasteiger partial charge in [0.15, 0.2) is 0 Å². The van der Waals surface area contributed by atoms with Gasteiger partial charge in [-0.15, -0.1) is 0 Å². The molecule has 4 rings (SSSR count). The van der Waals surface area contributed by atoms with E-state index in [0.717, 1.165) is 13.1 Å². The van der Waals surface area contributed by atoms with E-state index in [4.69, 9.17) is 0 Å². The largest absolute Gasteiger partial charge is 1.00 e. The van der Waals surface area contributed by atoms with Crippen molar-refractivity contribution in [1.82, 2.24) is 0 Å². The molecule has 0 spiro atoms. The standard InChI is InChI=1S/C21H22FN2S.HI/c1-23-19-4-2-3-5-20(19)25-21(23)11-8-16-6-9-18(10-7-16)24-14-12-17(22)13-15-24;/h2-11,17H,12-15H2,1H3;1H/q+1;/p-1. The van der Waals surface area contributed by atoms with Crippen molar-refractivity contribution in [3.05, 3.63) is 59.1 Å². The molecular weight excluding hydrogens is 458 g/mol. The molecule has 0 radical (unpaired) electrons. The van der Waals surface area contributed by atoms with Crippen molar-refractivity contribution >= 4 is 39.4 Å². The van der Waals surface area contributed by atoms with Gasteiger partial charge >= 0.3 is 0 Å². The number of thiazole rings is 1. The third-order valence-corrected chi connectivity index (χ3v) is 6.06. The summed E-state index contributed by atoms with van der Waals surface area (Å²) in [5.74, 6) is 0. The van der Waals surface area contributed by atoms with Crippen LogP contribution in [0.3, 0.4) is 0 Å². The molecule has 2 heterocycles. The van der Waals surface area contributed by atoms with Crippen molar-refractivity contribution in [2.45, 2.75) is 19.0 Å². The Morgan fingerprint density at radius 1 is 1.04 bits per heavy atom. The van der Waals surface area contributed by atoms with Crippen molar-refractivity contribution in [3.63, 3.8) is 0 Å². The zero-order valence-corrected chi connectivity index (χ0v) is 17.7. The highest BCUT2D eigenvalue weighted by molar-refractivity contribution is 7.18. The molecule has 1 saturated heterocycles. The van der Waals surface area contributed by atoms with E-state index in [2.05, 4.69) is 77.2 Å². The Hall–Kier alpha value is -1.47. The number of halogens is 2. The number of hydrogen-bond acceptors (Lipinski definition) is 2. The molecule has 0 atom stereocenters. The van der Waals surface area contributed by atoms with Crippen LogP contribution in [-0.4, -0.2) is 19.3 Å². The summed E-state index contributed by atoms with van der Waals surface area (Å²) in [4.78, 5) is 2.27. The zero-order valence-electron chi connectivity index (χ0n) is 14.7. The van der Waals surface area contributed by atoms with Crippen molar-refractivity contribution in [2.75, 3.05) is 18.0 Å². The highest BCUT2D eigenvalue weighted by Crippen LogP contribution is 2.24. The Morgan fingerprint density at radius 2 is 1.73 bits per heavy atom. The highest BCUT2D eigenvalue weighted by Gasteiger charge is 2.18. The molecular formula is C21H22FIN2S. The van der Waals surface area contributed by atoms with Crippen molar-refractivity contribution in [3.8, 4) is 0 Å². The maximum atomic E-state index is 13.3. The first kappa shape index (κ1) is 19.3. The number of aryl methyl sites for hydroxylation is 1. The fraction of sp³-hybridized carbons (Fsp3) is 0.286. The molecule has 0 saturated carbocycles. The molecule has 5 heteroatoms. The molecule has 26 heavy (non-hydrogen) atoms. The topological polar surface area (TPSA) is 7.12 Å². The predicted octanol–water partition coefficient (Wildman–Crippen LogP) is 1.84. The molecule has 2 aromatic carbocycles. The van der Waals surface area contributed by atoms with E-state index in [1.807, 2.05) is 0 Å². The molecule has 1 fully saturated rings. The number of nitrogens with zero attached hydrogens (tertiary/aromatic N) is 2. The number of hydrogen-bond donors (Lipinski definition) is 0. The van der Waals surface area contributed by atoms with Crippen LogP contribution in [0.15, 0.2) is 48.5 Å². The minimum Gasteiger partial charge on any atom is -1.00 e. The number of alkyl halides is 1. The van der Waals surface area contributed by atoms with E-state index in [9.17, 15) is 4.39 Å². The second-order valence-electron chi connectivity index (χ2n) is 6.55. The third-order valence-electron chi connectivity index (χ3n) is 4.87. The summed E-state index contributed by atoms with van der Waals surface area (Å²) in [6, 6.07) is 17.0. The van der Waals surface area contributed by atoms with Gasteiger partial charge in [0.1, 0.15) is 17.9 Å². The molecule has 136 valence electrons. The predicted molar refractivity (Wildman–Crippen MR) is 105 cm³/mol. The lowest BCUT2D eigenvalue weighted by molar-refractivity contribution is -0.642. The van der Waals surface area contributed by atoms with Gasteiger partial charge in [-0.2, -0.15) is 4.57 Å². The second kappa shape index (κ2) is 8.48. The van der Waals surface area contributed by atoms with Crippen molar-refractivity contribution in [2.24, 2.45) is 7.05 Å². The lowest BCUT2D eigenvalue weighted by atomic mass is 10.1. The van der Waals surface area contributed by atoms with Gasteiger partial charge in [0.05, 0.1) is 0 Å². The molecule has 1 aliphatic rings. The second-order valence-corrected chi connectivity index (χ2v) is 7.62. The Kier molecular flexibility index (Phi) is 6.29. The van der Waals surface area contributed by atoms with Crippen LogP contribution >= 0.6 is 11.3 Å². The van der Waals surface area contributed by atoms with E-state index in [1.54, 1.807) is 11.3 Å². The Morgan fingerprint density at radius 3 is 2.42 bits per heavy atom. The van der Waals surface area contributed by atoms with Gasteiger partial charge in [-0.05, 0) is 42.7 Å². The summed E-state index contributed by atoms with van der Waals surface area (Å²) < 4.78 is 16.8. The van der Waals surface area contributed by atoms with E-state index in [0.29, 0.717) is 12.8 Å². The number of anilines is 1. The maximum Gasteiger partial charge on any atom is 0.262 e. The Balaban J connectivity index is 0.00000196. The summed E-state index contributed by atoms with van der Waals surface area (Å²) in [7, 11) is 2.11. The normalized spacial score (nSPS) is 15.5. The first-order valence-electron chi connectivity index (χ1n) is 8.75. The number of rotatable bonds is 3. The highest BCUT2D eigenvalue weighted by atomic mass is 127. The monoisotopic (exact) mass is 480 g/mol. The number of para-hydroxylation sites is 1. The van der Waals surface area contributed by atoms with Gasteiger partial charge in [-0.3, -0.25) is 0 Å². The van der Waals surface area contributed by atoms with Gasteiger partial charge in [-0.1, -0.05) is 35.6 Å². The minimum atomic E-state index is -0.625. The summed E-state index contributed by atoms with van der Waals surface area (Å²) in [6.07, 6.45) is 4.99. The van der Waals surface area contributed by atoms with Crippen LogP contribution in [-0.2, 0) is 7.05 Å². The fourth-order valence-corrected chi connectivity index (χ4v) is 4.39. The molecule has 0 N–H and O–H groups in total.